The summed E-state index contributed by atoms with van der Waals surface area (Å²) in [5, 5.41) is 3.35. The van der Waals surface area contributed by atoms with E-state index >= 15 is 0 Å². The van der Waals surface area contributed by atoms with Gasteiger partial charge in [0, 0.05) is 6.04 Å². The molecule has 0 radical (unpaired) electrons. The van der Waals surface area contributed by atoms with Gasteiger partial charge in [-0.25, -0.2) is 5.84 Å². The molecule has 1 saturated carbocycles. The lowest BCUT2D eigenvalue weighted by Gasteiger charge is -2.27. The molecule has 1 heterocycles. The molecule has 0 saturated heterocycles. The first kappa shape index (κ1) is 13.8. The highest BCUT2D eigenvalue weighted by atomic mass is 16.5. The van der Waals surface area contributed by atoms with Crippen LogP contribution in [-0.4, -0.2) is 27.6 Å². The van der Waals surface area contributed by atoms with Gasteiger partial charge >= 0.3 is 6.01 Å². The van der Waals surface area contributed by atoms with Crippen LogP contribution in [0.25, 0.3) is 0 Å². The van der Waals surface area contributed by atoms with Gasteiger partial charge in [-0.2, -0.15) is 15.0 Å². The molecular weight excluding hydrogens is 244 g/mol. The van der Waals surface area contributed by atoms with Crippen LogP contribution in [0.4, 0.5) is 11.9 Å². The minimum atomic E-state index is 0.289. The zero-order valence-corrected chi connectivity index (χ0v) is 11.5. The van der Waals surface area contributed by atoms with E-state index in [4.69, 9.17) is 10.6 Å². The van der Waals surface area contributed by atoms with Gasteiger partial charge in [-0.15, -0.1) is 0 Å². The van der Waals surface area contributed by atoms with Crippen molar-refractivity contribution < 1.29 is 4.74 Å². The van der Waals surface area contributed by atoms with Gasteiger partial charge in [0.1, 0.15) is 0 Å². The van der Waals surface area contributed by atoms with Crippen molar-refractivity contribution in [1.82, 2.24) is 15.0 Å². The number of nitrogens with two attached hydrogens (primary N) is 1. The van der Waals surface area contributed by atoms with E-state index < -0.39 is 0 Å². The zero-order chi connectivity index (χ0) is 13.7. The highest BCUT2D eigenvalue weighted by Gasteiger charge is 2.20. The Labute approximate surface area is 113 Å². The third-order valence-corrected chi connectivity index (χ3v) is 3.29. The number of hydrogen-bond acceptors (Lipinski definition) is 7. The Morgan fingerprint density at radius 3 is 2.74 bits per heavy atom. The quantitative estimate of drug-likeness (QED) is 0.549. The van der Waals surface area contributed by atoms with Gasteiger partial charge in [0.15, 0.2) is 0 Å². The molecule has 106 valence electrons. The fourth-order valence-corrected chi connectivity index (χ4v) is 2.43. The van der Waals surface area contributed by atoms with Crippen LogP contribution in [0.3, 0.4) is 0 Å². The minimum absolute atomic E-state index is 0.289. The van der Waals surface area contributed by atoms with Crippen LogP contribution in [0, 0.1) is 5.92 Å². The van der Waals surface area contributed by atoms with E-state index in [1.165, 1.54) is 12.8 Å². The monoisotopic (exact) mass is 266 g/mol. The molecule has 2 rings (SSSR count). The Bertz CT molecular complexity index is 413. The normalized spacial score (nSPS) is 22.9. The Kier molecular flexibility index (Phi) is 4.73. The van der Waals surface area contributed by atoms with E-state index in [-0.39, 0.29) is 6.01 Å². The third kappa shape index (κ3) is 3.92. The van der Waals surface area contributed by atoms with Crippen LogP contribution in [0.5, 0.6) is 6.01 Å². The summed E-state index contributed by atoms with van der Waals surface area (Å²) in [7, 11) is 0. The van der Waals surface area contributed by atoms with E-state index in [2.05, 4.69) is 32.6 Å². The Morgan fingerprint density at radius 1 is 1.26 bits per heavy atom. The molecule has 19 heavy (non-hydrogen) atoms. The average Bonchev–Trinajstić information content (AvgIpc) is 2.39. The van der Waals surface area contributed by atoms with E-state index in [1.807, 2.05) is 6.92 Å². The molecule has 2 atom stereocenters. The molecule has 2 unspecified atom stereocenters. The molecule has 1 fully saturated rings. The van der Waals surface area contributed by atoms with Crippen molar-refractivity contribution in [2.24, 2.45) is 11.8 Å². The number of ether oxygens (including phenoxy) is 1. The molecule has 0 amide bonds. The first-order valence-corrected chi connectivity index (χ1v) is 6.83. The predicted molar refractivity (Wildman–Crippen MR) is 73.8 cm³/mol. The molecule has 0 bridgehead atoms. The Morgan fingerprint density at radius 2 is 2.05 bits per heavy atom. The molecule has 7 heteroatoms. The van der Waals surface area contributed by atoms with Crippen molar-refractivity contribution in [2.75, 3.05) is 17.3 Å². The summed E-state index contributed by atoms with van der Waals surface area (Å²) >= 11 is 0. The zero-order valence-electron chi connectivity index (χ0n) is 11.5. The summed E-state index contributed by atoms with van der Waals surface area (Å²) in [5.74, 6) is 6.92. The molecule has 1 aliphatic carbocycles. The topological polar surface area (TPSA) is 98.0 Å². The van der Waals surface area contributed by atoms with Crippen LogP contribution < -0.4 is 21.3 Å². The smallest absolute Gasteiger partial charge is 0.323 e. The van der Waals surface area contributed by atoms with Crippen LogP contribution >= 0.6 is 0 Å². The number of hydrazine groups is 1. The summed E-state index contributed by atoms with van der Waals surface area (Å²) in [5.41, 5.74) is 2.43. The summed E-state index contributed by atoms with van der Waals surface area (Å²) in [6.07, 6.45) is 4.83. The predicted octanol–water partition coefficient (Wildman–Crippen LogP) is 1.55. The second kappa shape index (κ2) is 6.51. The van der Waals surface area contributed by atoms with E-state index in [0.29, 0.717) is 24.5 Å². The van der Waals surface area contributed by atoms with Crippen molar-refractivity contribution in [2.45, 2.75) is 45.6 Å². The number of nitrogens with one attached hydrogen (secondary N) is 2. The summed E-state index contributed by atoms with van der Waals surface area (Å²) in [6, 6.07) is 0.697. The minimum Gasteiger partial charge on any atom is -0.464 e. The lowest BCUT2D eigenvalue weighted by atomic mass is 9.87. The maximum absolute atomic E-state index is 5.35. The van der Waals surface area contributed by atoms with Crippen molar-refractivity contribution in [1.29, 1.82) is 0 Å². The summed E-state index contributed by atoms with van der Waals surface area (Å²) in [6.45, 7) is 4.67. The third-order valence-electron chi connectivity index (χ3n) is 3.29. The van der Waals surface area contributed by atoms with E-state index in [0.717, 1.165) is 18.8 Å². The van der Waals surface area contributed by atoms with Crippen LogP contribution in [0.1, 0.15) is 39.5 Å². The fraction of sp³-hybridized carbons (Fsp3) is 0.750. The number of anilines is 2. The molecule has 7 nitrogen and oxygen atoms in total. The number of hydrogen-bond donors (Lipinski definition) is 3. The Hall–Kier alpha value is -1.63. The number of aromatic nitrogens is 3. The lowest BCUT2D eigenvalue weighted by molar-refractivity contribution is 0.311. The number of nitrogen functional groups attached to an aromatic ring is 1. The van der Waals surface area contributed by atoms with Crippen molar-refractivity contribution in [3.05, 3.63) is 0 Å². The molecule has 1 aliphatic rings. The van der Waals surface area contributed by atoms with Gasteiger partial charge in [0.25, 0.3) is 0 Å². The highest BCUT2D eigenvalue weighted by molar-refractivity contribution is 5.35. The number of rotatable bonds is 5. The van der Waals surface area contributed by atoms with Crippen molar-refractivity contribution in [3.63, 3.8) is 0 Å². The van der Waals surface area contributed by atoms with Gasteiger partial charge < -0.3 is 10.1 Å². The van der Waals surface area contributed by atoms with Crippen molar-refractivity contribution >= 4 is 11.9 Å². The molecule has 0 aromatic carbocycles. The molecule has 0 spiro atoms. The van der Waals surface area contributed by atoms with Crippen molar-refractivity contribution in [3.8, 4) is 6.01 Å². The maximum atomic E-state index is 5.35. The molecular formula is C12H22N6O. The van der Waals surface area contributed by atoms with Gasteiger partial charge in [-0.3, -0.25) is 5.43 Å². The number of nitrogens with zero attached hydrogens (tertiary/aromatic N) is 3. The summed E-state index contributed by atoms with van der Waals surface area (Å²) < 4.78 is 5.30. The lowest BCUT2D eigenvalue weighted by Crippen LogP contribution is -2.27. The summed E-state index contributed by atoms with van der Waals surface area (Å²) in [4.78, 5) is 12.5. The van der Waals surface area contributed by atoms with Gasteiger partial charge in [0.2, 0.25) is 11.9 Å². The maximum Gasteiger partial charge on any atom is 0.323 e. The molecule has 0 aliphatic heterocycles. The molecule has 4 N–H and O–H groups in total. The van der Waals surface area contributed by atoms with Gasteiger partial charge in [-0.05, 0) is 25.7 Å². The second-order valence-electron chi connectivity index (χ2n) is 4.96. The highest BCUT2D eigenvalue weighted by Crippen LogP contribution is 2.25. The fourth-order valence-electron chi connectivity index (χ4n) is 2.43. The standard InChI is InChI=1S/C12H22N6O/c1-3-19-12-16-10(15-11(17-12)18-13)14-9-6-4-5-8(2)7-9/h8-9H,3-7,13H2,1-2H3,(H2,14,15,16,17,18). The van der Waals surface area contributed by atoms with E-state index in [9.17, 15) is 0 Å². The van der Waals surface area contributed by atoms with Crippen LogP contribution in [0.2, 0.25) is 0 Å². The van der Waals surface area contributed by atoms with Gasteiger partial charge in [0.05, 0.1) is 6.61 Å². The SMILES string of the molecule is CCOc1nc(NN)nc(NC2CCCC(C)C2)n1. The van der Waals surface area contributed by atoms with Crippen LogP contribution in [0.15, 0.2) is 0 Å². The average molecular weight is 266 g/mol. The molecule has 1 aromatic rings. The van der Waals surface area contributed by atoms with Gasteiger partial charge in [-0.1, -0.05) is 19.8 Å². The second-order valence-corrected chi connectivity index (χ2v) is 4.96. The first-order chi connectivity index (χ1) is 9.21. The molecule has 1 aromatic heterocycles. The largest absolute Gasteiger partial charge is 0.464 e. The first-order valence-electron chi connectivity index (χ1n) is 6.83. The van der Waals surface area contributed by atoms with E-state index in [1.54, 1.807) is 0 Å². The Balaban J connectivity index is 2.07. The van der Waals surface area contributed by atoms with Crippen LogP contribution in [-0.2, 0) is 0 Å².